The Morgan fingerprint density at radius 2 is 2.00 bits per heavy atom. The number of nitrogens with zero attached hydrogens (tertiary/aromatic N) is 4. The average Bonchev–Trinajstić information content (AvgIpc) is 3.15. The van der Waals surface area contributed by atoms with Crippen LogP contribution in [0.5, 0.6) is 0 Å². The molecule has 33 heavy (non-hydrogen) atoms. The van der Waals surface area contributed by atoms with Gasteiger partial charge in [0.25, 0.3) is 0 Å². The first-order valence-corrected chi connectivity index (χ1v) is 12.3. The summed E-state index contributed by atoms with van der Waals surface area (Å²) < 4.78 is 5.37. The van der Waals surface area contributed by atoms with Crippen molar-refractivity contribution in [3.8, 4) is 0 Å². The van der Waals surface area contributed by atoms with Gasteiger partial charge in [0.1, 0.15) is 5.76 Å². The molecule has 1 aromatic heterocycles. The number of hydrogen-bond acceptors (Lipinski definition) is 4. The maximum atomic E-state index is 5.37. The summed E-state index contributed by atoms with van der Waals surface area (Å²) in [4.78, 5) is 10.3. The van der Waals surface area contributed by atoms with E-state index in [4.69, 9.17) is 9.52 Å². The third-order valence-corrected chi connectivity index (χ3v) is 7.14. The van der Waals surface area contributed by atoms with Crippen molar-refractivity contribution in [2.45, 2.75) is 65.5 Å². The summed E-state index contributed by atoms with van der Waals surface area (Å²) in [5.74, 6) is 2.98. The predicted molar refractivity (Wildman–Crippen MR) is 145 cm³/mol. The zero-order valence-electron chi connectivity index (χ0n) is 20.6. The summed E-state index contributed by atoms with van der Waals surface area (Å²) in [7, 11) is 0. The number of aromatic nitrogens is 1. The quantitative estimate of drug-likeness (QED) is 0.305. The normalized spacial score (nSPS) is 22.4. The van der Waals surface area contributed by atoms with E-state index >= 15 is 0 Å². The largest absolute Gasteiger partial charge is 0.361 e. The van der Waals surface area contributed by atoms with Gasteiger partial charge in [-0.25, -0.2) is 0 Å². The summed E-state index contributed by atoms with van der Waals surface area (Å²) in [6.45, 7) is 14.5. The molecule has 0 bridgehead atoms. The molecule has 2 aromatic rings. The van der Waals surface area contributed by atoms with E-state index in [0.717, 1.165) is 50.1 Å². The lowest BCUT2D eigenvalue weighted by molar-refractivity contribution is 0.0372. The first-order valence-electron chi connectivity index (χ1n) is 12.3. The second-order valence-corrected chi connectivity index (χ2v) is 9.49. The van der Waals surface area contributed by atoms with Crippen LogP contribution in [0.4, 0.5) is 0 Å². The number of guanidine groups is 1. The number of piperidine rings is 2. The van der Waals surface area contributed by atoms with E-state index in [0.29, 0.717) is 17.9 Å². The Hall–Kier alpha value is -1.61. The molecule has 0 spiro atoms. The molecule has 0 aliphatic carbocycles. The van der Waals surface area contributed by atoms with Crippen LogP contribution in [0, 0.1) is 19.8 Å². The average molecular weight is 566 g/mol. The second-order valence-electron chi connectivity index (χ2n) is 9.49. The highest BCUT2D eigenvalue weighted by Gasteiger charge is 2.36. The SMILES string of the molecule is CCNC(=NCC(C)c1c(C)noc1C)N1CCC2C(CCCN2Cc2ccccc2)C1.I. The highest BCUT2D eigenvalue weighted by atomic mass is 127. The second kappa shape index (κ2) is 12.2. The fourth-order valence-corrected chi connectivity index (χ4v) is 5.65. The summed E-state index contributed by atoms with van der Waals surface area (Å²) in [5, 5.41) is 7.67. The van der Waals surface area contributed by atoms with Crippen LogP contribution in [0.15, 0.2) is 39.8 Å². The van der Waals surface area contributed by atoms with Crippen LogP contribution in [0.1, 0.15) is 61.6 Å². The Labute approximate surface area is 216 Å². The van der Waals surface area contributed by atoms with Crippen LogP contribution in [0.3, 0.4) is 0 Å². The van der Waals surface area contributed by atoms with Gasteiger partial charge >= 0.3 is 0 Å². The number of rotatable bonds is 6. The van der Waals surface area contributed by atoms with Crippen LogP contribution in [-0.2, 0) is 6.54 Å². The lowest BCUT2D eigenvalue weighted by atomic mass is 9.83. The Morgan fingerprint density at radius 3 is 2.70 bits per heavy atom. The molecule has 6 nitrogen and oxygen atoms in total. The van der Waals surface area contributed by atoms with Gasteiger partial charge in [0.05, 0.1) is 5.69 Å². The van der Waals surface area contributed by atoms with Gasteiger partial charge in [0.15, 0.2) is 5.96 Å². The predicted octanol–water partition coefficient (Wildman–Crippen LogP) is 4.96. The van der Waals surface area contributed by atoms with E-state index in [1.54, 1.807) is 0 Å². The van der Waals surface area contributed by atoms with Crippen molar-refractivity contribution < 1.29 is 4.52 Å². The van der Waals surface area contributed by atoms with E-state index in [2.05, 4.69) is 64.5 Å². The minimum absolute atomic E-state index is 0. The smallest absolute Gasteiger partial charge is 0.193 e. The maximum absolute atomic E-state index is 5.37. The third-order valence-electron chi connectivity index (χ3n) is 7.14. The highest BCUT2D eigenvalue weighted by molar-refractivity contribution is 14.0. The fourth-order valence-electron chi connectivity index (χ4n) is 5.65. The number of aryl methyl sites for hydroxylation is 2. The number of nitrogens with one attached hydrogen (secondary N) is 1. The Balaban J connectivity index is 0.00000306. The van der Waals surface area contributed by atoms with E-state index < -0.39 is 0 Å². The molecular formula is C26H40IN5O. The van der Waals surface area contributed by atoms with Crippen LogP contribution in [-0.4, -0.2) is 59.7 Å². The molecule has 1 N–H and O–H groups in total. The van der Waals surface area contributed by atoms with E-state index in [-0.39, 0.29) is 24.0 Å². The molecule has 2 aliphatic heterocycles. The van der Waals surface area contributed by atoms with Crippen molar-refractivity contribution in [1.82, 2.24) is 20.3 Å². The number of likely N-dealkylation sites (tertiary alicyclic amines) is 2. The standard InChI is InChI=1S/C26H39N5O.HI/c1-5-27-26(28-16-19(2)25-20(3)29-32-21(25)4)31-15-13-24-23(18-31)12-9-14-30(24)17-22-10-7-6-8-11-22;/h6-8,10-11,19,23-24H,5,9,12-18H2,1-4H3,(H,27,28);1H. The molecule has 2 aliphatic rings. The van der Waals surface area contributed by atoms with Crippen molar-refractivity contribution >= 4 is 29.9 Å². The van der Waals surface area contributed by atoms with Gasteiger partial charge in [-0.1, -0.05) is 42.4 Å². The third kappa shape index (κ3) is 6.29. The maximum Gasteiger partial charge on any atom is 0.193 e. The van der Waals surface area contributed by atoms with E-state index in [9.17, 15) is 0 Å². The number of fused-ring (bicyclic) bond motifs is 1. The van der Waals surface area contributed by atoms with Gasteiger partial charge in [0, 0.05) is 50.2 Å². The Kier molecular flexibility index (Phi) is 9.61. The van der Waals surface area contributed by atoms with Gasteiger partial charge in [-0.05, 0) is 58.1 Å². The number of benzene rings is 1. The summed E-state index contributed by atoms with van der Waals surface area (Å²) in [5.41, 5.74) is 3.61. The van der Waals surface area contributed by atoms with Crippen LogP contribution in [0.2, 0.25) is 0 Å². The lowest BCUT2D eigenvalue weighted by Gasteiger charge is -2.48. The first kappa shape index (κ1) is 26.0. The molecule has 182 valence electrons. The van der Waals surface area contributed by atoms with Crippen LogP contribution >= 0.6 is 24.0 Å². The molecule has 2 fully saturated rings. The Bertz CT molecular complexity index is 880. The highest BCUT2D eigenvalue weighted by Crippen LogP contribution is 2.32. The number of halogens is 1. The molecule has 0 radical (unpaired) electrons. The molecule has 0 saturated carbocycles. The molecular weight excluding hydrogens is 525 g/mol. The van der Waals surface area contributed by atoms with Crippen molar-refractivity contribution in [3.05, 3.63) is 52.9 Å². The summed E-state index contributed by atoms with van der Waals surface area (Å²) in [6, 6.07) is 11.6. The summed E-state index contributed by atoms with van der Waals surface area (Å²) in [6.07, 6.45) is 3.82. The van der Waals surface area contributed by atoms with Crippen LogP contribution < -0.4 is 5.32 Å². The monoisotopic (exact) mass is 565 g/mol. The molecule has 4 rings (SSSR count). The summed E-state index contributed by atoms with van der Waals surface area (Å²) >= 11 is 0. The van der Waals surface area contributed by atoms with Gasteiger partial charge in [-0.3, -0.25) is 9.89 Å². The van der Waals surface area contributed by atoms with Gasteiger partial charge in [-0.15, -0.1) is 24.0 Å². The molecule has 3 atom stereocenters. The molecule has 0 amide bonds. The fraction of sp³-hybridized carbons (Fsp3) is 0.615. The molecule has 3 heterocycles. The molecule has 7 heteroatoms. The Morgan fingerprint density at radius 1 is 1.21 bits per heavy atom. The zero-order valence-corrected chi connectivity index (χ0v) is 22.9. The topological polar surface area (TPSA) is 56.9 Å². The first-order chi connectivity index (χ1) is 15.6. The van der Waals surface area contributed by atoms with E-state index in [1.165, 1.54) is 36.9 Å². The number of hydrogen-bond donors (Lipinski definition) is 1. The lowest BCUT2D eigenvalue weighted by Crippen LogP contribution is -2.56. The minimum atomic E-state index is 0. The van der Waals surface area contributed by atoms with Crippen molar-refractivity contribution in [2.24, 2.45) is 10.9 Å². The van der Waals surface area contributed by atoms with Gasteiger partial charge < -0.3 is 14.7 Å². The van der Waals surface area contributed by atoms with Crippen molar-refractivity contribution in [2.75, 3.05) is 32.7 Å². The van der Waals surface area contributed by atoms with Crippen molar-refractivity contribution in [3.63, 3.8) is 0 Å². The van der Waals surface area contributed by atoms with Crippen LogP contribution in [0.25, 0.3) is 0 Å². The molecule has 3 unspecified atom stereocenters. The van der Waals surface area contributed by atoms with Crippen molar-refractivity contribution in [1.29, 1.82) is 0 Å². The molecule has 2 saturated heterocycles. The van der Waals surface area contributed by atoms with Gasteiger partial charge in [-0.2, -0.15) is 0 Å². The molecule has 1 aromatic carbocycles. The zero-order chi connectivity index (χ0) is 22.5. The van der Waals surface area contributed by atoms with Gasteiger partial charge in [0.2, 0.25) is 0 Å². The van der Waals surface area contributed by atoms with E-state index in [1.807, 2.05) is 13.8 Å². The minimum Gasteiger partial charge on any atom is -0.361 e. The number of aliphatic imine (C=N–C) groups is 1.